The van der Waals surface area contributed by atoms with E-state index in [2.05, 4.69) is 10.0 Å². The van der Waals surface area contributed by atoms with Gasteiger partial charge in [0.15, 0.2) is 0 Å². The van der Waals surface area contributed by atoms with Gasteiger partial charge in [0.1, 0.15) is 16.2 Å². The summed E-state index contributed by atoms with van der Waals surface area (Å²) in [7, 11) is -2.59. The normalized spacial score (nSPS) is 12.0. The second-order valence-electron chi connectivity index (χ2n) is 5.02. The van der Waals surface area contributed by atoms with Gasteiger partial charge in [-0.15, -0.1) is 0 Å². The zero-order valence-corrected chi connectivity index (χ0v) is 12.5. The molecule has 0 atom stereocenters. The van der Waals surface area contributed by atoms with E-state index in [9.17, 15) is 18.3 Å². The number of carbonyl (C=O) groups is 1. The zero-order chi connectivity index (χ0) is 15.6. The van der Waals surface area contributed by atoms with E-state index in [1.54, 1.807) is 20.8 Å². The smallest absolute Gasteiger partial charge is 0.412 e. The van der Waals surface area contributed by atoms with E-state index in [1.165, 1.54) is 19.2 Å². The molecule has 0 aliphatic carbocycles. The van der Waals surface area contributed by atoms with Crippen LogP contribution in [0.3, 0.4) is 0 Å². The summed E-state index contributed by atoms with van der Waals surface area (Å²) in [6.07, 6.45) is -0.712. The maximum atomic E-state index is 11.7. The van der Waals surface area contributed by atoms with Crippen molar-refractivity contribution >= 4 is 21.8 Å². The van der Waals surface area contributed by atoms with Gasteiger partial charge in [-0.05, 0) is 46.0 Å². The van der Waals surface area contributed by atoms with E-state index in [-0.39, 0.29) is 10.6 Å². The number of amides is 1. The molecule has 3 N–H and O–H groups in total. The molecule has 0 aliphatic rings. The predicted molar refractivity (Wildman–Crippen MR) is 74.2 cm³/mol. The summed E-state index contributed by atoms with van der Waals surface area (Å²) in [4.78, 5) is 11.3. The molecule has 0 radical (unpaired) electrons. The first-order valence-corrected chi connectivity index (χ1v) is 7.30. The highest BCUT2D eigenvalue weighted by Gasteiger charge is 2.19. The van der Waals surface area contributed by atoms with Crippen molar-refractivity contribution in [2.75, 3.05) is 12.4 Å². The number of rotatable bonds is 3. The monoisotopic (exact) mass is 302 g/mol. The van der Waals surface area contributed by atoms with E-state index in [0.717, 1.165) is 6.07 Å². The molecule has 0 aromatic heterocycles. The van der Waals surface area contributed by atoms with Crippen LogP contribution in [0.25, 0.3) is 0 Å². The number of ether oxygens (including phenoxy) is 1. The van der Waals surface area contributed by atoms with Gasteiger partial charge in [0, 0.05) is 5.69 Å². The van der Waals surface area contributed by atoms with Crippen molar-refractivity contribution in [3.8, 4) is 5.75 Å². The highest BCUT2D eigenvalue weighted by Crippen LogP contribution is 2.26. The second-order valence-corrected chi connectivity index (χ2v) is 6.87. The van der Waals surface area contributed by atoms with Crippen LogP contribution >= 0.6 is 0 Å². The molecule has 1 aromatic carbocycles. The molecule has 0 spiro atoms. The number of nitrogens with one attached hydrogen (secondary N) is 2. The van der Waals surface area contributed by atoms with Gasteiger partial charge in [0.2, 0.25) is 10.0 Å². The van der Waals surface area contributed by atoms with Gasteiger partial charge < -0.3 is 9.84 Å². The number of anilines is 1. The molecule has 0 saturated carbocycles. The summed E-state index contributed by atoms with van der Waals surface area (Å²) < 4.78 is 30.5. The Morgan fingerprint density at radius 3 is 2.40 bits per heavy atom. The van der Waals surface area contributed by atoms with Gasteiger partial charge in [-0.1, -0.05) is 0 Å². The molecule has 0 heterocycles. The minimum absolute atomic E-state index is 0.200. The van der Waals surface area contributed by atoms with E-state index in [0.29, 0.717) is 0 Å². The SMILES string of the molecule is CNS(=O)(=O)c1cc(NC(=O)OC(C)(C)C)ccc1O. The van der Waals surface area contributed by atoms with Crippen LogP contribution in [-0.4, -0.2) is 32.3 Å². The summed E-state index contributed by atoms with van der Waals surface area (Å²) in [5.41, 5.74) is -0.466. The standard InChI is InChI=1S/C12H18N2O5S/c1-12(2,3)19-11(16)14-8-5-6-9(15)10(7-8)20(17,18)13-4/h5-7,13,15H,1-4H3,(H,14,16). The van der Waals surface area contributed by atoms with Crippen LogP contribution in [0.2, 0.25) is 0 Å². The summed E-state index contributed by atoms with van der Waals surface area (Å²) in [5, 5.41) is 12.0. The van der Waals surface area contributed by atoms with Crippen LogP contribution in [0.15, 0.2) is 23.1 Å². The van der Waals surface area contributed by atoms with E-state index in [4.69, 9.17) is 4.74 Å². The van der Waals surface area contributed by atoms with Crippen molar-refractivity contribution in [2.24, 2.45) is 0 Å². The van der Waals surface area contributed by atoms with Gasteiger partial charge in [-0.25, -0.2) is 17.9 Å². The molecule has 20 heavy (non-hydrogen) atoms. The third-order valence-corrected chi connectivity index (χ3v) is 3.61. The lowest BCUT2D eigenvalue weighted by Crippen LogP contribution is -2.27. The fraction of sp³-hybridized carbons (Fsp3) is 0.417. The summed E-state index contributed by atoms with van der Waals surface area (Å²) >= 11 is 0. The third kappa shape index (κ3) is 4.39. The minimum atomic E-state index is -3.81. The second kappa shape index (κ2) is 5.68. The van der Waals surface area contributed by atoms with Gasteiger partial charge in [0.25, 0.3) is 0 Å². The lowest BCUT2D eigenvalue weighted by atomic mass is 10.2. The molecule has 8 heteroatoms. The van der Waals surface area contributed by atoms with Crippen LogP contribution in [0.5, 0.6) is 5.75 Å². The Balaban J connectivity index is 3.00. The van der Waals surface area contributed by atoms with Gasteiger partial charge in [0.05, 0.1) is 0 Å². The number of phenolic OH excluding ortho intramolecular Hbond substituents is 1. The lowest BCUT2D eigenvalue weighted by Gasteiger charge is -2.19. The minimum Gasteiger partial charge on any atom is -0.507 e. The third-order valence-electron chi connectivity index (χ3n) is 2.16. The molecule has 1 amide bonds. The van der Waals surface area contributed by atoms with Crippen molar-refractivity contribution in [1.82, 2.24) is 4.72 Å². The summed E-state index contributed by atoms with van der Waals surface area (Å²) in [6, 6.07) is 3.69. The first-order chi connectivity index (χ1) is 9.05. The summed E-state index contributed by atoms with van der Waals surface area (Å²) in [5.74, 6) is -0.408. The summed E-state index contributed by atoms with van der Waals surface area (Å²) in [6.45, 7) is 5.13. The molecular weight excluding hydrogens is 284 g/mol. The van der Waals surface area contributed by atoms with Gasteiger partial charge >= 0.3 is 6.09 Å². The average Bonchev–Trinajstić information content (AvgIpc) is 2.29. The van der Waals surface area contributed by atoms with Gasteiger partial charge in [-0.2, -0.15) is 0 Å². The molecule has 1 aromatic rings. The topological polar surface area (TPSA) is 105 Å². The Morgan fingerprint density at radius 1 is 1.30 bits per heavy atom. The average molecular weight is 302 g/mol. The molecule has 1 rings (SSSR count). The Hall–Kier alpha value is -1.80. The van der Waals surface area contributed by atoms with Gasteiger partial charge in [-0.3, -0.25) is 5.32 Å². The number of carbonyl (C=O) groups excluding carboxylic acids is 1. The number of aromatic hydroxyl groups is 1. The molecule has 0 bridgehead atoms. The van der Waals surface area contributed by atoms with Crippen molar-refractivity contribution in [3.63, 3.8) is 0 Å². The predicted octanol–water partition coefficient (Wildman–Crippen LogP) is 1.65. The highest BCUT2D eigenvalue weighted by atomic mass is 32.2. The molecule has 0 fully saturated rings. The van der Waals surface area contributed by atoms with Crippen molar-refractivity contribution in [1.29, 1.82) is 0 Å². The maximum absolute atomic E-state index is 11.7. The van der Waals surface area contributed by atoms with Crippen molar-refractivity contribution in [3.05, 3.63) is 18.2 Å². The van der Waals surface area contributed by atoms with E-state index < -0.39 is 27.5 Å². The molecule has 0 aliphatic heterocycles. The maximum Gasteiger partial charge on any atom is 0.412 e. The Labute approximate surface area is 118 Å². The van der Waals surface area contributed by atoms with E-state index in [1.807, 2.05) is 0 Å². The Kier molecular flexibility index (Phi) is 4.61. The molecule has 0 saturated heterocycles. The Bertz CT molecular complexity index is 605. The van der Waals surface area contributed by atoms with Crippen molar-refractivity contribution in [2.45, 2.75) is 31.3 Å². The fourth-order valence-corrected chi connectivity index (χ4v) is 2.18. The molecular formula is C12H18N2O5S. The molecule has 7 nitrogen and oxygen atoms in total. The molecule has 0 unspecified atom stereocenters. The van der Waals surface area contributed by atoms with Crippen LogP contribution in [-0.2, 0) is 14.8 Å². The fourth-order valence-electron chi connectivity index (χ4n) is 1.34. The number of phenols is 1. The molecule has 112 valence electrons. The van der Waals surface area contributed by atoms with Crippen LogP contribution in [0, 0.1) is 0 Å². The zero-order valence-electron chi connectivity index (χ0n) is 11.7. The van der Waals surface area contributed by atoms with E-state index >= 15 is 0 Å². The first kappa shape index (κ1) is 16.3. The number of benzene rings is 1. The first-order valence-electron chi connectivity index (χ1n) is 5.82. The van der Waals surface area contributed by atoms with Crippen LogP contribution in [0.1, 0.15) is 20.8 Å². The number of sulfonamides is 1. The van der Waals surface area contributed by atoms with Crippen molar-refractivity contribution < 1.29 is 23.1 Å². The number of hydrogen-bond donors (Lipinski definition) is 3. The largest absolute Gasteiger partial charge is 0.507 e. The Morgan fingerprint density at radius 2 is 1.90 bits per heavy atom. The number of hydrogen-bond acceptors (Lipinski definition) is 5. The van der Waals surface area contributed by atoms with Crippen LogP contribution < -0.4 is 10.0 Å². The highest BCUT2D eigenvalue weighted by molar-refractivity contribution is 7.89. The van der Waals surface area contributed by atoms with Crippen LogP contribution in [0.4, 0.5) is 10.5 Å². The lowest BCUT2D eigenvalue weighted by molar-refractivity contribution is 0.0636. The quantitative estimate of drug-likeness (QED) is 0.736.